The lowest BCUT2D eigenvalue weighted by atomic mass is 10.0. The Morgan fingerprint density at radius 2 is 1.81 bits per heavy atom. The molecule has 0 bridgehead atoms. The molecule has 2 aromatic rings. The predicted molar refractivity (Wildman–Crippen MR) is 108 cm³/mol. The number of fused-ring (bicyclic) bond motifs is 1. The van der Waals surface area contributed by atoms with Crippen LogP contribution in [0.25, 0.3) is 0 Å². The van der Waals surface area contributed by atoms with Crippen molar-refractivity contribution < 1.29 is 45.5 Å². The van der Waals surface area contributed by atoms with Gasteiger partial charge in [0.1, 0.15) is 6.04 Å². The summed E-state index contributed by atoms with van der Waals surface area (Å²) in [5.74, 6) is -2.86. The van der Waals surface area contributed by atoms with Crippen molar-refractivity contribution in [2.24, 2.45) is 0 Å². The van der Waals surface area contributed by atoms with Gasteiger partial charge in [-0.25, -0.2) is 0 Å². The van der Waals surface area contributed by atoms with Crippen molar-refractivity contribution in [1.82, 2.24) is 20.5 Å². The number of imide groups is 1. The second kappa shape index (κ2) is 8.91. The molecular formula is C22H16F6N4O4. The lowest BCUT2D eigenvalue weighted by molar-refractivity contribution is -0.156. The fourth-order valence-corrected chi connectivity index (χ4v) is 4.00. The molecule has 1 fully saturated rings. The molecule has 0 radical (unpaired) electrons. The fourth-order valence-electron chi connectivity index (χ4n) is 4.00. The maximum Gasteiger partial charge on any atom is 0.417 e. The average molecular weight is 514 g/mol. The Labute approximate surface area is 198 Å². The first-order valence-corrected chi connectivity index (χ1v) is 10.4. The van der Waals surface area contributed by atoms with Gasteiger partial charge in [0, 0.05) is 30.3 Å². The van der Waals surface area contributed by atoms with Gasteiger partial charge in [-0.15, -0.1) is 0 Å². The first-order chi connectivity index (χ1) is 16.8. The van der Waals surface area contributed by atoms with E-state index in [-0.39, 0.29) is 42.3 Å². The topological polar surface area (TPSA) is 108 Å². The maximum atomic E-state index is 13.6. The summed E-state index contributed by atoms with van der Waals surface area (Å²) < 4.78 is 79.0. The molecule has 1 unspecified atom stereocenters. The maximum absolute atomic E-state index is 13.6. The molecule has 14 heteroatoms. The molecule has 2 atom stereocenters. The minimum Gasteiger partial charge on any atom is -0.335 e. The summed E-state index contributed by atoms with van der Waals surface area (Å²) in [5.41, 5.74) is -1.90. The molecule has 2 aliphatic heterocycles. The van der Waals surface area contributed by atoms with E-state index in [9.17, 15) is 45.5 Å². The van der Waals surface area contributed by atoms with Crippen molar-refractivity contribution in [2.45, 2.75) is 43.8 Å². The standard InChI is InChI=1S/C22H16F6N4O4/c23-21(24,25)12-2-4-14(29-8-12)17(22(26,27)28)31-18(34)10-1-3-13-11(7-10)9-32(20(13)36)15-5-6-16(33)30-19(15)35/h1-4,7-8,15,17H,5-6,9H2,(H,31,34)(H,30,33,35)/t15?,17-/m1/s1. The molecule has 1 saturated heterocycles. The van der Waals surface area contributed by atoms with Gasteiger partial charge < -0.3 is 10.2 Å². The Morgan fingerprint density at radius 1 is 1.08 bits per heavy atom. The molecule has 36 heavy (non-hydrogen) atoms. The normalized spacial score (nSPS) is 19.1. The summed E-state index contributed by atoms with van der Waals surface area (Å²) in [7, 11) is 0. The number of carbonyl (C=O) groups is 4. The van der Waals surface area contributed by atoms with Crippen LogP contribution in [0.4, 0.5) is 26.3 Å². The minimum atomic E-state index is -5.07. The summed E-state index contributed by atoms with van der Waals surface area (Å²) in [5, 5.41) is 3.86. The number of piperidine rings is 1. The Hall–Kier alpha value is -3.97. The van der Waals surface area contributed by atoms with E-state index in [1.54, 1.807) is 5.32 Å². The Bertz CT molecular complexity index is 1240. The van der Waals surface area contributed by atoms with E-state index in [1.165, 1.54) is 17.0 Å². The lowest BCUT2D eigenvalue weighted by Crippen LogP contribution is -2.52. The number of halogens is 6. The van der Waals surface area contributed by atoms with Gasteiger partial charge in [-0.1, -0.05) is 0 Å². The van der Waals surface area contributed by atoms with Crippen molar-refractivity contribution in [3.63, 3.8) is 0 Å². The van der Waals surface area contributed by atoms with Crippen LogP contribution in [0.15, 0.2) is 36.5 Å². The smallest absolute Gasteiger partial charge is 0.335 e. The van der Waals surface area contributed by atoms with E-state index in [0.29, 0.717) is 12.1 Å². The molecule has 1 aromatic heterocycles. The molecule has 0 aliphatic carbocycles. The number of amides is 4. The number of aromatic nitrogens is 1. The number of hydrogen-bond donors (Lipinski definition) is 2. The van der Waals surface area contributed by atoms with E-state index in [1.807, 2.05) is 0 Å². The van der Waals surface area contributed by atoms with Gasteiger partial charge in [0.15, 0.2) is 6.04 Å². The number of benzene rings is 1. The zero-order valence-electron chi connectivity index (χ0n) is 18.0. The van der Waals surface area contributed by atoms with Crippen LogP contribution in [0.1, 0.15) is 56.4 Å². The molecule has 0 spiro atoms. The molecule has 1 aromatic carbocycles. The Morgan fingerprint density at radius 3 is 2.39 bits per heavy atom. The molecule has 3 heterocycles. The van der Waals surface area contributed by atoms with Gasteiger partial charge in [-0.05, 0) is 42.3 Å². The number of rotatable bonds is 4. The minimum absolute atomic E-state index is 0.0288. The van der Waals surface area contributed by atoms with Gasteiger partial charge in [-0.2, -0.15) is 26.3 Å². The summed E-state index contributed by atoms with van der Waals surface area (Å²) in [4.78, 5) is 53.3. The number of pyridine rings is 1. The van der Waals surface area contributed by atoms with Crippen molar-refractivity contribution in [2.75, 3.05) is 0 Å². The highest BCUT2D eigenvalue weighted by atomic mass is 19.4. The molecule has 2 N–H and O–H groups in total. The van der Waals surface area contributed by atoms with Crippen LogP contribution < -0.4 is 10.6 Å². The van der Waals surface area contributed by atoms with E-state index >= 15 is 0 Å². The van der Waals surface area contributed by atoms with E-state index in [4.69, 9.17) is 0 Å². The van der Waals surface area contributed by atoms with Gasteiger partial charge in [0.2, 0.25) is 11.8 Å². The molecule has 0 saturated carbocycles. The van der Waals surface area contributed by atoms with E-state index < -0.39 is 59.3 Å². The molecule has 4 amide bonds. The average Bonchev–Trinajstić information content (AvgIpc) is 3.11. The van der Waals surface area contributed by atoms with Gasteiger partial charge in [-0.3, -0.25) is 29.5 Å². The third-order valence-electron chi connectivity index (χ3n) is 5.80. The highest BCUT2D eigenvalue weighted by molar-refractivity contribution is 6.06. The van der Waals surface area contributed by atoms with Crippen LogP contribution in [0, 0.1) is 0 Å². The van der Waals surface area contributed by atoms with Crippen LogP contribution in [-0.4, -0.2) is 45.7 Å². The van der Waals surface area contributed by atoms with Crippen molar-refractivity contribution in [1.29, 1.82) is 0 Å². The first-order valence-electron chi connectivity index (χ1n) is 10.4. The highest BCUT2D eigenvalue weighted by Gasteiger charge is 2.44. The molecule has 8 nitrogen and oxygen atoms in total. The van der Waals surface area contributed by atoms with E-state index in [0.717, 1.165) is 6.07 Å². The van der Waals surface area contributed by atoms with Gasteiger partial charge >= 0.3 is 12.4 Å². The molecular weight excluding hydrogens is 498 g/mol. The largest absolute Gasteiger partial charge is 0.417 e. The summed E-state index contributed by atoms with van der Waals surface area (Å²) in [6, 6.07) is 0.896. The van der Waals surface area contributed by atoms with Crippen LogP contribution in [0.3, 0.4) is 0 Å². The number of hydrogen-bond acceptors (Lipinski definition) is 5. The number of nitrogens with one attached hydrogen (secondary N) is 2. The quantitative estimate of drug-likeness (QED) is 0.482. The number of carbonyl (C=O) groups excluding carboxylic acids is 4. The van der Waals surface area contributed by atoms with Gasteiger partial charge in [0.05, 0.1) is 11.3 Å². The number of alkyl halides is 6. The molecule has 4 rings (SSSR count). The monoisotopic (exact) mass is 514 g/mol. The molecule has 190 valence electrons. The fraction of sp³-hybridized carbons (Fsp3) is 0.318. The SMILES string of the molecule is O=C1CCC(N2Cc3cc(C(=O)N[C@H](c4ccc(C(F)(F)F)cn4)C(F)(F)F)ccc3C2=O)C(=O)N1. The predicted octanol–water partition coefficient (Wildman–Crippen LogP) is 2.89. The van der Waals surface area contributed by atoms with Gasteiger partial charge in [0.25, 0.3) is 11.8 Å². The zero-order valence-corrected chi connectivity index (χ0v) is 18.0. The molecule has 2 aliphatic rings. The van der Waals surface area contributed by atoms with Crippen LogP contribution >= 0.6 is 0 Å². The Balaban J connectivity index is 1.54. The number of nitrogens with zero attached hydrogens (tertiary/aromatic N) is 2. The Kier molecular flexibility index (Phi) is 6.22. The van der Waals surface area contributed by atoms with Crippen molar-refractivity contribution in [3.05, 3.63) is 64.5 Å². The summed E-state index contributed by atoms with van der Waals surface area (Å²) in [6.45, 7) is -0.106. The van der Waals surface area contributed by atoms with Crippen LogP contribution in [-0.2, 0) is 22.3 Å². The van der Waals surface area contributed by atoms with Crippen molar-refractivity contribution >= 4 is 23.6 Å². The van der Waals surface area contributed by atoms with Crippen LogP contribution in [0.5, 0.6) is 0 Å². The first kappa shape index (κ1) is 25.1. The summed E-state index contributed by atoms with van der Waals surface area (Å²) >= 11 is 0. The zero-order chi connectivity index (χ0) is 26.4. The lowest BCUT2D eigenvalue weighted by Gasteiger charge is -2.29. The highest BCUT2D eigenvalue weighted by Crippen LogP contribution is 2.34. The van der Waals surface area contributed by atoms with E-state index in [2.05, 4.69) is 10.3 Å². The second-order valence-corrected chi connectivity index (χ2v) is 8.19. The second-order valence-electron chi connectivity index (χ2n) is 8.19. The van der Waals surface area contributed by atoms with Crippen LogP contribution in [0.2, 0.25) is 0 Å². The van der Waals surface area contributed by atoms with Crippen molar-refractivity contribution in [3.8, 4) is 0 Å². The third kappa shape index (κ3) is 4.88. The third-order valence-corrected chi connectivity index (χ3v) is 5.80. The summed E-state index contributed by atoms with van der Waals surface area (Å²) in [6.07, 6.45) is -9.50.